The van der Waals surface area contributed by atoms with Gasteiger partial charge in [0.15, 0.2) is 0 Å². The van der Waals surface area contributed by atoms with Gasteiger partial charge in [-0.1, -0.05) is 59.6 Å². The number of halogens is 1. The first-order valence-electron chi connectivity index (χ1n) is 9.57. The predicted octanol–water partition coefficient (Wildman–Crippen LogP) is 5.30. The second-order valence-electron chi connectivity index (χ2n) is 7.10. The highest BCUT2D eigenvalue weighted by Crippen LogP contribution is 2.28. The van der Waals surface area contributed by atoms with E-state index < -0.39 is 15.9 Å². The minimum atomic E-state index is -4.02. The molecule has 0 spiro atoms. The third-order valence-corrected chi connectivity index (χ3v) is 6.43. The van der Waals surface area contributed by atoms with Gasteiger partial charge in [-0.2, -0.15) is 5.26 Å². The van der Waals surface area contributed by atoms with Crippen LogP contribution < -0.4 is 10.0 Å². The molecule has 0 unspecified atom stereocenters. The van der Waals surface area contributed by atoms with Gasteiger partial charge in [0.2, 0.25) is 0 Å². The standard InChI is InChI=1S/C24H20ClN3O3S/c1-16-8-11-22(17(2)12-16)28-32(30,31)23-14-20(9-10-21(23)25)27-24(29)19(15-26)13-18-6-4-3-5-7-18/h3-14,28H,1-2H3,(H,27,29)/b19-13+. The molecule has 0 aliphatic carbocycles. The minimum absolute atomic E-state index is 0.000554. The quantitative estimate of drug-likeness (QED) is 0.381. The number of amides is 1. The van der Waals surface area contributed by atoms with E-state index in [9.17, 15) is 18.5 Å². The Morgan fingerprint density at radius 1 is 1.03 bits per heavy atom. The fourth-order valence-electron chi connectivity index (χ4n) is 2.98. The van der Waals surface area contributed by atoms with Crippen molar-refractivity contribution in [2.24, 2.45) is 0 Å². The van der Waals surface area contributed by atoms with Gasteiger partial charge >= 0.3 is 0 Å². The number of nitrogens with one attached hydrogen (secondary N) is 2. The smallest absolute Gasteiger partial charge is 0.266 e. The van der Waals surface area contributed by atoms with Crippen LogP contribution in [0.15, 0.2) is 77.2 Å². The number of sulfonamides is 1. The van der Waals surface area contributed by atoms with E-state index in [2.05, 4.69) is 10.0 Å². The Morgan fingerprint density at radius 3 is 2.41 bits per heavy atom. The van der Waals surface area contributed by atoms with Crippen molar-refractivity contribution < 1.29 is 13.2 Å². The highest BCUT2D eigenvalue weighted by atomic mass is 35.5. The van der Waals surface area contributed by atoms with Crippen molar-refractivity contribution in [3.05, 3.63) is 94.0 Å². The number of nitrogens with zero attached hydrogens (tertiary/aromatic N) is 1. The molecule has 0 heterocycles. The maximum Gasteiger partial charge on any atom is 0.266 e. The van der Waals surface area contributed by atoms with Crippen molar-refractivity contribution in [1.82, 2.24) is 0 Å². The van der Waals surface area contributed by atoms with E-state index in [4.69, 9.17) is 11.6 Å². The molecule has 0 aliphatic heterocycles. The lowest BCUT2D eigenvalue weighted by atomic mass is 10.1. The molecule has 0 fully saturated rings. The molecule has 1 amide bonds. The Hall–Kier alpha value is -3.60. The van der Waals surface area contributed by atoms with Crippen LogP contribution in [-0.2, 0) is 14.8 Å². The summed E-state index contributed by atoms with van der Waals surface area (Å²) < 4.78 is 28.4. The van der Waals surface area contributed by atoms with E-state index >= 15 is 0 Å². The van der Waals surface area contributed by atoms with Crippen LogP contribution in [0.1, 0.15) is 16.7 Å². The molecule has 0 radical (unpaired) electrons. The van der Waals surface area contributed by atoms with Gasteiger partial charge in [0.25, 0.3) is 15.9 Å². The fourth-order valence-corrected chi connectivity index (χ4v) is 4.64. The Balaban J connectivity index is 1.87. The lowest BCUT2D eigenvalue weighted by Crippen LogP contribution is -2.16. The normalized spacial score (nSPS) is 11.5. The number of carbonyl (C=O) groups is 1. The number of aryl methyl sites for hydroxylation is 2. The van der Waals surface area contributed by atoms with Gasteiger partial charge in [-0.3, -0.25) is 9.52 Å². The number of benzene rings is 3. The average Bonchev–Trinajstić information content (AvgIpc) is 2.76. The average molecular weight is 466 g/mol. The van der Waals surface area contributed by atoms with E-state index in [0.29, 0.717) is 11.3 Å². The molecule has 0 bridgehead atoms. The number of hydrogen-bond donors (Lipinski definition) is 2. The van der Waals surface area contributed by atoms with Gasteiger partial charge in [0.05, 0.1) is 10.7 Å². The van der Waals surface area contributed by atoms with Crippen molar-refractivity contribution >= 4 is 45.0 Å². The third-order valence-electron chi connectivity index (χ3n) is 4.58. The van der Waals surface area contributed by atoms with Gasteiger partial charge in [-0.15, -0.1) is 0 Å². The first kappa shape index (κ1) is 23.1. The summed E-state index contributed by atoms with van der Waals surface area (Å²) >= 11 is 6.15. The molecular formula is C24H20ClN3O3S. The number of nitriles is 1. The molecule has 0 aromatic heterocycles. The number of carbonyl (C=O) groups excluding carboxylic acids is 1. The number of anilines is 2. The van der Waals surface area contributed by atoms with Crippen LogP contribution in [0.2, 0.25) is 5.02 Å². The first-order chi connectivity index (χ1) is 15.2. The summed E-state index contributed by atoms with van der Waals surface area (Å²) in [6, 6.07) is 20.2. The maximum absolute atomic E-state index is 13.0. The summed E-state index contributed by atoms with van der Waals surface area (Å²) in [5.74, 6) is -0.663. The van der Waals surface area contributed by atoms with Crippen LogP contribution in [0.5, 0.6) is 0 Å². The molecular weight excluding hydrogens is 446 g/mol. The predicted molar refractivity (Wildman–Crippen MR) is 127 cm³/mol. The van der Waals surface area contributed by atoms with E-state index in [-0.39, 0.29) is 21.2 Å². The lowest BCUT2D eigenvalue weighted by molar-refractivity contribution is -0.112. The summed E-state index contributed by atoms with van der Waals surface area (Å²) in [7, 11) is -4.02. The molecule has 0 aliphatic rings. The third kappa shape index (κ3) is 5.55. The van der Waals surface area contributed by atoms with Crippen LogP contribution in [-0.4, -0.2) is 14.3 Å². The summed E-state index contributed by atoms with van der Waals surface area (Å²) in [6.45, 7) is 3.71. The molecule has 8 heteroatoms. The molecule has 32 heavy (non-hydrogen) atoms. The van der Waals surface area contributed by atoms with Crippen molar-refractivity contribution in [2.45, 2.75) is 18.7 Å². The van der Waals surface area contributed by atoms with E-state index in [0.717, 1.165) is 11.1 Å². The lowest BCUT2D eigenvalue weighted by Gasteiger charge is -2.13. The molecule has 0 saturated carbocycles. The Morgan fingerprint density at radius 2 is 1.75 bits per heavy atom. The van der Waals surface area contributed by atoms with Gasteiger partial charge in [0, 0.05) is 5.69 Å². The van der Waals surface area contributed by atoms with Crippen molar-refractivity contribution in [3.63, 3.8) is 0 Å². The van der Waals surface area contributed by atoms with Crippen molar-refractivity contribution in [3.8, 4) is 6.07 Å². The van der Waals surface area contributed by atoms with Gasteiger partial charge in [-0.05, 0) is 55.3 Å². The summed E-state index contributed by atoms with van der Waals surface area (Å²) in [6.07, 6.45) is 1.45. The van der Waals surface area contributed by atoms with E-state index in [1.165, 1.54) is 24.3 Å². The second-order valence-corrected chi connectivity index (χ2v) is 9.16. The van der Waals surface area contributed by atoms with Gasteiger partial charge in [-0.25, -0.2) is 8.42 Å². The largest absolute Gasteiger partial charge is 0.321 e. The molecule has 162 valence electrons. The maximum atomic E-state index is 13.0. The number of rotatable bonds is 6. The molecule has 2 N–H and O–H groups in total. The zero-order valence-corrected chi connectivity index (χ0v) is 19.0. The van der Waals surface area contributed by atoms with E-state index in [1.807, 2.05) is 25.1 Å². The van der Waals surface area contributed by atoms with Crippen molar-refractivity contribution in [2.75, 3.05) is 10.0 Å². The topological polar surface area (TPSA) is 99.1 Å². The highest BCUT2D eigenvalue weighted by molar-refractivity contribution is 7.92. The molecule has 0 saturated heterocycles. The van der Waals surface area contributed by atoms with Gasteiger partial charge < -0.3 is 5.32 Å². The van der Waals surface area contributed by atoms with Crippen LogP contribution in [0.3, 0.4) is 0 Å². The van der Waals surface area contributed by atoms with Crippen LogP contribution in [0.4, 0.5) is 11.4 Å². The molecule has 3 rings (SSSR count). The Bertz CT molecular complexity index is 1340. The Labute approximate surface area is 192 Å². The van der Waals surface area contributed by atoms with Crippen LogP contribution in [0, 0.1) is 25.2 Å². The molecule has 0 atom stereocenters. The summed E-state index contributed by atoms with van der Waals surface area (Å²) in [5, 5.41) is 11.9. The fraction of sp³-hybridized carbons (Fsp3) is 0.0833. The van der Waals surface area contributed by atoms with E-state index in [1.54, 1.807) is 43.3 Å². The summed E-state index contributed by atoms with van der Waals surface area (Å²) in [5.41, 5.74) is 2.96. The highest BCUT2D eigenvalue weighted by Gasteiger charge is 2.20. The first-order valence-corrected chi connectivity index (χ1v) is 11.4. The zero-order chi connectivity index (χ0) is 23.3. The van der Waals surface area contributed by atoms with Gasteiger partial charge in [0.1, 0.15) is 16.5 Å². The summed E-state index contributed by atoms with van der Waals surface area (Å²) in [4.78, 5) is 12.4. The van der Waals surface area contributed by atoms with Crippen LogP contribution >= 0.6 is 11.6 Å². The molecule has 3 aromatic rings. The SMILES string of the molecule is Cc1ccc(NS(=O)(=O)c2cc(NC(=O)/C(C#N)=C/c3ccccc3)ccc2Cl)c(C)c1. The zero-order valence-electron chi connectivity index (χ0n) is 17.4. The Kier molecular flexibility index (Phi) is 6.98. The monoisotopic (exact) mass is 465 g/mol. The minimum Gasteiger partial charge on any atom is -0.321 e. The second kappa shape index (κ2) is 9.69. The van der Waals surface area contributed by atoms with Crippen molar-refractivity contribution in [1.29, 1.82) is 5.26 Å². The molecule has 3 aromatic carbocycles. The molecule has 6 nitrogen and oxygen atoms in total. The van der Waals surface area contributed by atoms with Crippen LogP contribution in [0.25, 0.3) is 6.08 Å². The number of hydrogen-bond acceptors (Lipinski definition) is 4.